The van der Waals surface area contributed by atoms with Gasteiger partial charge in [-0.3, -0.25) is 0 Å². The average molecular weight is 653 g/mol. The van der Waals surface area contributed by atoms with E-state index in [-0.39, 0.29) is 0 Å². The van der Waals surface area contributed by atoms with E-state index in [0.29, 0.717) is 0 Å². The van der Waals surface area contributed by atoms with E-state index >= 15 is 0 Å². The number of furan rings is 1. The van der Waals surface area contributed by atoms with E-state index in [1.807, 2.05) is 17.6 Å². The second kappa shape index (κ2) is 10.6. The first-order valence-electron chi connectivity index (χ1n) is 17.1. The van der Waals surface area contributed by atoms with E-state index in [4.69, 9.17) is 4.42 Å². The minimum Gasteiger partial charge on any atom is -0.464 e. The summed E-state index contributed by atoms with van der Waals surface area (Å²) in [5, 5.41) is 13.7. The molecule has 0 N–H and O–H groups in total. The number of benzene rings is 9. The molecule has 0 saturated carbocycles. The van der Waals surface area contributed by atoms with Gasteiger partial charge in [0.25, 0.3) is 0 Å². The van der Waals surface area contributed by atoms with Gasteiger partial charge in [0.1, 0.15) is 5.58 Å². The van der Waals surface area contributed by atoms with Crippen LogP contribution in [0.1, 0.15) is 0 Å². The minimum atomic E-state index is 0.922. The van der Waals surface area contributed by atoms with Gasteiger partial charge >= 0.3 is 0 Å². The summed E-state index contributed by atoms with van der Waals surface area (Å²) in [5.74, 6) is 0. The van der Waals surface area contributed by atoms with Crippen molar-refractivity contribution in [2.45, 2.75) is 0 Å². The first kappa shape index (κ1) is 27.7. The second-order valence-corrected chi connectivity index (χ2v) is 14.4. The van der Waals surface area contributed by atoms with Gasteiger partial charge in [-0.25, -0.2) is 0 Å². The van der Waals surface area contributed by atoms with E-state index in [2.05, 4.69) is 164 Å². The Hall–Kier alpha value is -6.22. The van der Waals surface area contributed by atoms with Crippen LogP contribution in [0.25, 0.3) is 108 Å². The van der Waals surface area contributed by atoms with Crippen LogP contribution < -0.4 is 0 Å². The predicted octanol–water partition coefficient (Wildman–Crippen LogP) is 14.4. The van der Waals surface area contributed by atoms with Crippen molar-refractivity contribution in [1.82, 2.24) is 0 Å². The summed E-state index contributed by atoms with van der Waals surface area (Å²) in [7, 11) is 0. The molecule has 2 aromatic heterocycles. The van der Waals surface area contributed by atoms with Crippen LogP contribution in [0.4, 0.5) is 0 Å². The van der Waals surface area contributed by atoms with E-state index < -0.39 is 0 Å². The Labute approximate surface area is 292 Å². The molecule has 2 heterocycles. The first-order valence-corrected chi connectivity index (χ1v) is 17.9. The van der Waals surface area contributed by atoms with Gasteiger partial charge in [-0.05, 0) is 101 Å². The fraction of sp³-hybridized carbons (Fsp3) is 0. The lowest BCUT2D eigenvalue weighted by Gasteiger charge is -2.18. The summed E-state index contributed by atoms with van der Waals surface area (Å²) < 4.78 is 8.76. The Morgan fingerprint density at radius 3 is 1.48 bits per heavy atom. The Kier molecular flexibility index (Phi) is 5.89. The molecule has 0 amide bonds. The van der Waals surface area contributed by atoms with E-state index in [1.165, 1.54) is 91.1 Å². The molecule has 0 spiro atoms. The molecule has 2 heteroatoms. The maximum absolute atomic E-state index is 6.21. The molecular formula is C48H28OS. The van der Waals surface area contributed by atoms with Gasteiger partial charge in [0, 0.05) is 31.1 Å². The number of thiophene rings is 1. The third kappa shape index (κ3) is 4.13. The van der Waals surface area contributed by atoms with Gasteiger partial charge in [0.2, 0.25) is 0 Å². The summed E-state index contributed by atoms with van der Waals surface area (Å²) in [4.78, 5) is 0. The lowest BCUT2D eigenvalue weighted by Crippen LogP contribution is -1.90. The van der Waals surface area contributed by atoms with Gasteiger partial charge in [0.05, 0.1) is 6.26 Å². The third-order valence-electron chi connectivity index (χ3n) is 10.5. The maximum Gasteiger partial charge on any atom is 0.135 e. The summed E-state index contributed by atoms with van der Waals surface area (Å²) in [6.45, 7) is 0. The molecule has 0 bridgehead atoms. The molecule has 11 aromatic rings. The van der Waals surface area contributed by atoms with E-state index in [1.54, 1.807) is 0 Å². The Balaban J connectivity index is 1.10. The van der Waals surface area contributed by atoms with Crippen LogP contribution in [-0.4, -0.2) is 0 Å². The Morgan fingerprint density at radius 2 is 0.840 bits per heavy atom. The number of hydrogen-bond acceptors (Lipinski definition) is 2. The summed E-state index contributed by atoms with van der Waals surface area (Å²) in [6, 6.07) is 60.1. The molecule has 0 radical (unpaired) electrons. The van der Waals surface area contributed by atoms with Gasteiger partial charge < -0.3 is 4.42 Å². The van der Waals surface area contributed by atoms with Crippen LogP contribution in [0, 0.1) is 0 Å². The first-order chi connectivity index (χ1) is 24.8. The van der Waals surface area contributed by atoms with Gasteiger partial charge in [-0.1, -0.05) is 133 Å². The van der Waals surface area contributed by atoms with Gasteiger partial charge in [-0.15, -0.1) is 11.3 Å². The molecule has 0 unspecified atom stereocenters. The van der Waals surface area contributed by atoms with Crippen LogP contribution >= 0.6 is 11.3 Å². The summed E-state index contributed by atoms with van der Waals surface area (Å²) >= 11 is 1.87. The molecule has 0 aliphatic rings. The molecule has 0 atom stereocenters. The SMILES string of the molecule is c1ccc2cc(-c3coc4cc5c(cc34)sc3cc(-c4c6ccccc6c(-c6ccc7ccccc7c6)c6ccccc46)ccc35)ccc2c1. The molecule has 0 aliphatic heterocycles. The van der Waals surface area contributed by atoms with Crippen molar-refractivity contribution in [2.24, 2.45) is 0 Å². The lowest BCUT2D eigenvalue weighted by molar-refractivity contribution is 0.617. The van der Waals surface area contributed by atoms with Crippen LogP contribution in [0.15, 0.2) is 174 Å². The zero-order valence-corrected chi connectivity index (χ0v) is 27.8. The zero-order valence-electron chi connectivity index (χ0n) is 27.0. The maximum atomic E-state index is 6.21. The average Bonchev–Trinajstić information content (AvgIpc) is 3.75. The highest BCUT2D eigenvalue weighted by Gasteiger charge is 2.19. The fourth-order valence-electron chi connectivity index (χ4n) is 8.13. The molecule has 11 rings (SSSR count). The molecule has 50 heavy (non-hydrogen) atoms. The Bertz CT molecular complexity index is 3100. The number of hydrogen-bond donors (Lipinski definition) is 0. The number of rotatable bonds is 3. The van der Waals surface area contributed by atoms with Crippen molar-refractivity contribution in [2.75, 3.05) is 0 Å². The molecule has 0 aliphatic carbocycles. The molecular weight excluding hydrogens is 625 g/mol. The van der Waals surface area contributed by atoms with Crippen molar-refractivity contribution in [3.63, 3.8) is 0 Å². The smallest absolute Gasteiger partial charge is 0.135 e. The molecule has 0 saturated heterocycles. The standard InChI is InChI=1S/C48H28OS/c1-3-11-31-23-33(19-17-29(31)9-1)43-28-49-44-26-42-36-22-21-35(25-45(36)50-46(42)27-41(43)44)48-39-15-7-5-13-37(39)47(38-14-6-8-16-40(38)48)34-20-18-30-10-2-4-12-32(30)24-34/h1-28H. The predicted molar refractivity (Wildman–Crippen MR) is 215 cm³/mol. The van der Waals surface area contributed by atoms with Gasteiger partial charge in [-0.2, -0.15) is 0 Å². The van der Waals surface area contributed by atoms with Crippen LogP contribution in [0.2, 0.25) is 0 Å². The van der Waals surface area contributed by atoms with Crippen molar-refractivity contribution in [1.29, 1.82) is 0 Å². The second-order valence-electron chi connectivity index (χ2n) is 13.3. The quantitative estimate of drug-likeness (QED) is 0.173. The highest BCUT2D eigenvalue weighted by molar-refractivity contribution is 7.26. The Morgan fingerprint density at radius 1 is 0.340 bits per heavy atom. The van der Waals surface area contributed by atoms with Crippen LogP contribution in [0.5, 0.6) is 0 Å². The highest BCUT2D eigenvalue weighted by atomic mass is 32.1. The van der Waals surface area contributed by atoms with E-state index in [9.17, 15) is 0 Å². The largest absolute Gasteiger partial charge is 0.464 e. The van der Waals surface area contributed by atoms with Crippen LogP contribution in [-0.2, 0) is 0 Å². The van der Waals surface area contributed by atoms with Crippen molar-refractivity contribution >= 4 is 85.6 Å². The van der Waals surface area contributed by atoms with E-state index in [0.717, 1.165) is 16.5 Å². The fourth-order valence-corrected chi connectivity index (χ4v) is 9.29. The highest BCUT2D eigenvalue weighted by Crippen LogP contribution is 2.46. The van der Waals surface area contributed by atoms with Crippen molar-refractivity contribution in [3.05, 3.63) is 170 Å². The minimum absolute atomic E-state index is 0.922. The summed E-state index contributed by atoms with van der Waals surface area (Å²) in [6.07, 6.45) is 1.91. The van der Waals surface area contributed by atoms with Crippen LogP contribution in [0.3, 0.4) is 0 Å². The molecule has 9 aromatic carbocycles. The normalized spacial score (nSPS) is 12.0. The molecule has 1 nitrogen and oxygen atoms in total. The summed E-state index contributed by atoms with van der Waals surface area (Å²) in [5.41, 5.74) is 8.29. The lowest BCUT2D eigenvalue weighted by atomic mass is 9.85. The van der Waals surface area contributed by atoms with Crippen molar-refractivity contribution < 1.29 is 4.42 Å². The third-order valence-corrected chi connectivity index (χ3v) is 11.6. The molecule has 232 valence electrons. The van der Waals surface area contributed by atoms with Crippen molar-refractivity contribution in [3.8, 4) is 33.4 Å². The topological polar surface area (TPSA) is 13.1 Å². The molecule has 0 fully saturated rings. The monoisotopic (exact) mass is 652 g/mol. The van der Waals surface area contributed by atoms with Gasteiger partial charge in [0.15, 0.2) is 0 Å². The number of fused-ring (bicyclic) bond motifs is 8. The zero-order chi connectivity index (χ0) is 32.8.